The number of ether oxygens (including phenoxy) is 1. The van der Waals surface area contributed by atoms with Crippen LogP contribution in [0.4, 0.5) is 0 Å². The van der Waals surface area contributed by atoms with Crippen LogP contribution in [0.2, 0.25) is 0 Å². The van der Waals surface area contributed by atoms with Crippen molar-refractivity contribution in [3.63, 3.8) is 0 Å². The summed E-state index contributed by atoms with van der Waals surface area (Å²) in [5.74, 6) is 0.771. The Bertz CT molecular complexity index is 338. The third-order valence-electron chi connectivity index (χ3n) is 2.11. The number of carbonyl (C=O) groups excluding carboxylic acids is 1. The maximum absolute atomic E-state index is 10.4. The molecule has 0 aliphatic heterocycles. The summed E-state index contributed by atoms with van der Waals surface area (Å²) in [6.07, 6.45) is 2.68. The topological polar surface area (TPSA) is 46.5 Å². The summed E-state index contributed by atoms with van der Waals surface area (Å²) in [4.78, 5) is 10.4. The van der Waals surface area contributed by atoms with Crippen molar-refractivity contribution in [2.45, 2.75) is 6.42 Å². The molecule has 0 unspecified atom stereocenters. The van der Waals surface area contributed by atoms with Gasteiger partial charge in [-0.2, -0.15) is 0 Å². The van der Waals surface area contributed by atoms with E-state index >= 15 is 0 Å². The van der Waals surface area contributed by atoms with Crippen LogP contribution in [0.15, 0.2) is 30.3 Å². The molecule has 0 radical (unpaired) electrons. The van der Waals surface area contributed by atoms with Crippen molar-refractivity contribution < 1.29 is 14.6 Å². The molecule has 1 aromatic rings. The first-order chi connectivity index (χ1) is 7.31. The minimum Gasteiger partial charge on any atom is -0.497 e. The average molecular weight is 206 g/mol. The van der Waals surface area contributed by atoms with Crippen molar-refractivity contribution >= 4 is 11.9 Å². The fourth-order valence-electron chi connectivity index (χ4n) is 1.33. The molecule has 0 bridgehead atoms. The molecule has 3 nitrogen and oxygen atoms in total. The van der Waals surface area contributed by atoms with Gasteiger partial charge in [-0.25, -0.2) is 0 Å². The molecule has 0 atom stereocenters. The number of aliphatic hydroxyl groups is 1. The van der Waals surface area contributed by atoms with E-state index in [4.69, 9.17) is 9.84 Å². The Labute approximate surface area is 89.0 Å². The minimum absolute atomic E-state index is 0.0334. The van der Waals surface area contributed by atoms with E-state index in [1.54, 1.807) is 7.11 Å². The number of aldehydes is 1. The third-order valence-corrected chi connectivity index (χ3v) is 2.11. The van der Waals surface area contributed by atoms with Gasteiger partial charge < -0.3 is 9.84 Å². The summed E-state index contributed by atoms with van der Waals surface area (Å²) in [7, 11) is 1.60. The number of hydrogen-bond donors (Lipinski definition) is 1. The van der Waals surface area contributed by atoms with Gasteiger partial charge in [-0.05, 0) is 35.8 Å². The highest BCUT2D eigenvalue weighted by molar-refractivity contribution is 5.81. The van der Waals surface area contributed by atoms with Gasteiger partial charge in [-0.3, -0.25) is 4.79 Å². The van der Waals surface area contributed by atoms with E-state index in [0.29, 0.717) is 6.42 Å². The number of allylic oxidation sites excluding steroid dienone is 1. The molecule has 0 saturated carbocycles. The Morgan fingerprint density at radius 2 is 2.07 bits per heavy atom. The van der Waals surface area contributed by atoms with E-state index in [2.05, 4.69) is 0 Å². The zero-order chi connectivity index (χ0) is 11.1. The van der Waals surface area contributed by atoms with E-state index in [-0.39, 0.29) is 6.61 Å². The lowest BCUT2D eigenvalue weighted by molar-refractivity contribution is -0.104. The Kier molecular flexibility index (Phi) is 4.57. The number of rotatable bonds is 5. The predicted molar refractivity (Wildman–Crippen MR) is 58.7 cm³/mol. The summed E-state index contributed by atoms with van der Waals surface area (Å²) < 4.78 is 5.03. The standard InChI is InChI=1S/C12H14O3/c1-15-12-4-2-10(3-5-12)11(6-8-13)7-9-14/h2-6,8,14H,7,9H2,1H3/b11-6+. The van der Waals surface area contributed by atoms with Crippen LogP contribution in [0.5, 0.6) is 5.75 Å². The molecule has 1 aromatic carbocycles. The van der Waals surface area contributed by atoms with Crippen molar-refractivity contribution in [2.75, 3.05) is 13.7 Å². The van der Waals surface area contributed by atoms with Gasteiger partial charge in [-0.1, -0.05) is 12.1 Å². The molecular formula is C12H14O3. The highest BCUT2D eigenvalue weighted by Gasteiger charge is 2.00. The fourth-order valence-corrected chi connectivity index (χ4v) is 1.33. The van der Waals surface area contributed by atoms with Gasteiger partial charge in [0.15, 0.2) is 0 Å². The van der Waals surface area contributed by atoms with Crippen molar-refractivity contribution in [2.24, 2.45) is 0 Å². The first kappa shape index (κ1) is 11.5. The van der Waals surface area contributed by atoms with Crippen LogP contribution in [0.1, 0.15) is 12.0 Å². The molecule has 80 valence electrons. The Balaban J connectivity index is 2.91. The average Bonchev–Trinajstić information content (AvgIpc) is 2.29. The van der Waals surface area contributed by atoms with Gasteiger partial charge in [0, 0.05) is 6.61 Å². The first-order valence-electron chi connectivity index (χ1n) is 4.71. The van der Waals surface area contributed by atoms with Crippen LogP contribution < -0.4 is 4.74 Å². The summed E-state index contributed by atoms with van der Waals surface area (Å²) in [5.41, 5.74) is 1.76. The Hall–Kier alpha value is -1.61. The number of carbonyl (C=O) groups is 1. The van der Waals surface area contributed by atoms with Crippen LogP contribution in [-0.4, -0.2) is 25.1 Å². The van der Waals surface area contributed by atoms with Gasteiger partial charge in [0.2, 0.25) is 0 Å². The predicted octanol–water partition coefficient (Wildman–Crippen LogP) is 1.66. The lowest BCUT2D eigenvalue weighted by Crippen LogP contribution is -1.90. The molecule has 0 aliphatic carbocycles. The molecule has 1 N–H and O–H groups in total. The largest absolute Gasteiger partial charge is 0.497 e. The molecule has 15 heavy (non-hydrogen) atoms. The lowest BCUT2D eigenvalue weighted by Gasteiger charge is -2.06. The second kappa shape index (κ2) is 5.98. The SMILES string of the molecule is COc1ccc(/C(=C/C=O)CCO)cc1. The van der Waals surface area contributed by atoms with E-state index < -0.39 is 0 Å². The molecule has 0 aromatic heterocycles. The maximum atomic E-state index is 10.4. The molecule has 0 fully saturated rings. The van der Waals surface area contributed by atoms with E-state index in [1.165, 1.54) is 6.08 Å². The van der Waals surface area contributed by atoms with Crippen molar-refractivity contribution in [3.8, 4) is 5.75 Å². The van der Waals surface area contributed by atoms with Gasteiger partial charge in [0.05, 0.1) is 7.11 Å². The molecular weight excluding hydrogens is 192 g/mol. The molecule has 0 amide bonds. The van der Waals surface area contributed by atoms with E-state index in [1.807, 2.05) is 24.3 Å². The molecule has 0 heterocycles. The molecule has 0 saturated heterocycles. The van der Waals surface area contributed by atoms with E-state index in [0.717, 1.165) is 23.2 Å². The third kappa shape index (κ3) is 3.22. The number of benzene rings is 1. The highest BCUT2D eigenvalue weighted by atomic mass is 16.5. The van der Waals surface area contributed by atoms with Crippen LogP contribution in [0, 0.1) is 0 Å². The number of hydrogen-bond acceptors (Lipinski definition) is 3. The molecule has 0 aliphatic rings. The van der Waals surface area contributed by atoms with Crippen LogP contribution in [0.3, 0.4) is 0 Å². The van der Waals surface area contributed by atoms with E-state index in [9.17, 15) is 4.79 Å². The van der Waals surface area contributed by atoms with Crippen LogP contribution in [-0.2, 0) is 4.79 Å². The van der Waals surface area contributed by atoms with Crippen LogP contribution >= 0.6 is 0 Å². The lowest BCUT2D eigenvalue weighted by atomic mass is 10.0. The second-order valence-corrected chi connectivity index (χ2v) is 3.03. The number of aliphatic hydroxyl groups excluding tert-OH is 1. The molecule has 3 heteroatoms. The summed E-state index contributed by atoms with van der Waals surface area (Å²) >= 11 is 0. The van der Waals surface area contributed by atoms with Gasteiger partial charge in [0.25, 0.3) is 0 Å². The molecule has 1 rings (SSSR count). The summed E-state index contributed by atoms with van der Waals surface area (Å²) in [6.45, 7) is 0.0334. The maximum Gasteiger partial charge on any atom is 0.143 e. The van der Waals surface area contributed by atoms with Crippen LogP contribution in [0.25, 0.3) is 5.57 Å². The summed E-state index contributed by atoms with van der Waals surface area (Å²) in [6, 6.07) is 7.38. The Morgan fingerprint density at radius 3 is 2.53 bits per heavy atom. The van der Waals surface area contributed by atoms with Crippen molar-refractivity contribution in [3.05, 3.63) is 35.9 Å². The zero-order valence-electron chi connectivity index (χ0n) is 8.64. The molecule has 0 spiro atoms. The quantitative estimate of drug-likeness (QED) is 0.588. The fraction of sp³-hybridized carbons (Fsp3) is 0.250. The Morgan fingerprint density at radius 1 is 1.40 bits per heavy atom. The first-order valence-corrected chi connectivity index (χ1v) is 4.71. The zero-order valence-corrected chi connectivity index (χ0v) is 8.64. The van der Waals surface area contributed by atoms with Crippen molar-refractivity contribution in [1.82, 2.24) is 0 Å². The van der Waals surface area contributed by atoms with Gasteiger partial charge in [-0.15, -0.1) is 0 Å². The van der Waals surface area contributed by atoms with Gasteiger partial charge >= 0.3 is 0 Å². The second-order valence-electron chi connectivity index (χ2n) is 3.03. The smallest absolute Gasteiger partial charge is 0.143 e. The minimum atomic E-state index is 0.0334. The van der Waals surface area contributed by atoms with Crippen molar-refractivity contribution in [1.29, 1.82) is 0 Å². The number of methoxy groups -OCH3 is 1. The summed E-state index contributed by atoms with van der Waals surface area (Å²) in [5, 5.41) is 8.84. The normalized spacial score (nSPS) is 11.2. The monoisotopic (exact) mass is 206 g/mol. The van der Waals surface area contributed by atoms with Gasteiger partial charge in [0.1, 0.15) is 12.0 Å². The highest BCUT2D eigenvalue weighted by Crippen LogP contribution is 2.20.